The zero-order valence-corrected chi connectivity index (χ0v) is 12.7. The van der Waals surface area contributed by atoms with E-state index in [9.17, 15) is 9.18 Å². The smallest absolute Gasteiger partial charge is 0.226 e. The van der Waals surface area contributed by atoms with Gasteiger partial charge in [0.05, 0.1) is 5.69 Å². The Morgan fingerprint density at radius 2 is 2.09 bits per heavy atom. The molecule has 1 amide bonds. The van der Waals surface area contributed by atoms with Crippen LogP contribution < -0.4 is 10.6 Å². The number of oxazole rings is 1. The Hall–Kier alpha value is -2.21. The van der Waals surface area contributed by atoms with Gasteiger partial charge in [-0.25, -0.2) is 9.37 Å². The first-order valence-corrected chi connectivity index (χ1v) is 7.23. The molecule has 0 saturated carbocycles. The Kier molecular flexibility index (Phi) is 5.66. The van der Waals surface area contributed by atoms with Crippen LogP contribution in [0.4, 0.5) is 4.39 Å². The molecular formula is C16H20FN3O2. The standard InChI is InChI=1S/C16H20FN3O2/c1-11(9-18-2)15(21)19-8-7-14-10-22-16(20-14)12-3-5-13(17)6-4-12/h3-6,10-11,18H,7-9H2,1-2H3,(H,19,21). The highest BCUT2D eigenvalue weighted by Crippen LogP contribution is 2.18. The molecule has 1 aromatic carbocycles. The molecule has 0 aliphatic heterocycles. The minimum atomic E-state index is -0.297. The number of halogens is 1. The monoisotopic (exact) mass is 305 g/mol. The van der Waals surface area contributed by atoms with Crippen molar-refractivity contribution in [2.75, 3.05) is 20.1 Å². The second-order valence-electron chi connectivity index (χ2n) is 5.15. The lowest BCUT2D eigenvalue weighted by molar-refractivity contribution is -0.124. The number of nitrogens with zero attached hydrogens (tertiary/aromatic N) is 1. The lowest BCUT2D eigenvalue weighted by atomic mass is 10.1. The van der Waals surface area contributed by atoms with E-state index < -0.39 is 0 Å². The highest BCUT2D eigenvalue weighted by molar-refractivity contribution is 5.78. The van der Waals surface area contributed by atoms with Crippen LogP contribution >= 0.6 is 0 Å². The predicted molar refractivity (Wildman–Crippen MR) is 81.7 cm³/mol. The van der Waals surface area contributed by atoms with Gasteiger partial charge in [-0.1, -0.05) is 6.92 Å². The maximum absolute atomic E-state index is 12.9. The highest BCUT2D eigenvalue weighted by Gasteiger charge is 2.11. The summed E-state index contributed by atoms with van der Waals surface area (Å²) < 4.78 is 18.3. The average molecular weight is 305 g/mol. The molecule has 1 heterocycles. The molecule has 0 spiro atoms. The fourth-order valence-electron chi connectivity index (χ4n) is 2.03. The number of amides is 1. The number of hydrogen-bond donors (Lipinski definition) is 2. The van der Waals surface area contributed by atoms with Gasteiger partial charge in [-0.3, -0.25) is 4.79 Å². The first-order chi connectivity index (χ1) is 10.6. The summed E-state index contributed by atoms with van der Waals surface area (Å²) in [7, 11) is 1.82. The lowest BCUT2D eigenvalue weighted by Crippen LogP contribution is -2.35. The van der Waals surface area contributed by atoms with Gasteiger partial charge in [-0.2, -0.15) is 0 Å². The maximum Gasteiger partial charge on any atom is 0.226 e. The summed E-state index contributed by atoms with van der Waals surface area (Å²) in [6, 6.07) is 5.96. The molecule has 0 bridgehead atoms. The summed E-state index contributed by atoms with van der Waals surface area (Å²) >= 11 is 0. The Balaban J connectivity index is 1.85. The topological polar surface area (TPSA) is 67.2 Å². The van der Waals surface area contributed by atoms with Crippen LogP contribution in [-0.2, 0) is 11.2 Å². The predicted octanol–water partition coefficient (Wildman–Crippen LogP) is 1.99. The van der Waals surface area contributed by atoms with Crippen LogP contribution in [0.3, 0.4) is 0 Å². The largest absolute Gasteiger partial charge is 0.444 e. The third kappa shape index (κ3) is 4.39. The molecule has 0 fully saturated rings. The van der Waals surface area contributed by atoms with E-state index in [1.165, 1.54) is 12.1 Å². The number of carbonyl (C=O) groups excluding carboxylic acids is 1. The van der Waals surface area contributed by atoms with Crippen LogP contribution in [0.1, 0.15) is 12.6 Å². The van der Waals surface area contributed by atoms with Crippen molar-refractivity contribution in [3.05, 3.63) is 42.0 Å². The van der Waals surface area contributed by atoms with E-state index >= 15 is 0 Å². The van der Waals surface area contributed by atoms with Crippen molar-refractivity contribution in [3.8, 4) is 11.5 Å². The molecule has 0 aliphatic rings. The minimum Gasteiger partial charge on any atom is -0.444 e. The van der Waals surface area contributed by atoms with Crippen LogP contribution in [0.5, 0.6) is 0 Å². The molecular weight excluding hydrogens is 285 g/mol. The van der Waals surface area contributed by atoms with Crippen molar-refractivity contribution in [1.82, 2.24) is 15.6 Å². The second-order valence-corrected chi connectivity index (χ2v) is 5.15. The van der Waals surface area contributed by atoms with Crippen molar-refractivity contribution in [2.45, 2.75) is 13.3 Å². The van der Waals surface area contributed by atoms with E-state index in [0.717, 1.165) is 11.3 Å². The molecule has 118 valence electrons. The number of nitrogens with one attached hydrogen (secondary N) is 2. The number of rotatable bonds is 7. The van der Waals surface area contributed by atoms with Gasteiger partial charge in [0.2, 0.25) is 11.8 Å². The number of hydrogen-bond acceptors (Lipinski definition) is 4. The number of carbonyl (C=O) groups is 1. The fraction of sp³-hybridized carbons (Fsp3) is 0.375. The third-order valence-corrected chi connectivity index (χ3v) is 3.28. The number of aromatic nitrogens is 1. The lowest BCUT2D eigenvalue weighted by Gasteiger charge is -2.10. The van der Waals surface area contributed by atoms with E-state index in [1.807, 2.05) is 14.0 Å². The molecule has 6 heteroatoms. The Bertz CT molecular complexity index is 610. The molecule has 0 radical (unpaired) electrons. The van der Waals surface area contributed by atoms with Gasteiger partial charge >= 0.3 is 0 Å². The Labute approximate surface area is 128 Å². The Morgan fingerprint density at radius 1 is 1.36 bits per heavy atom. The molecule has 1 atom stereocenters. The normalized spacial score (nSPS) is 12.1. The van der Waals surface area contributed by atoms with E-state index in [1.54, 1.807) is 18.4 Å². The molecule has 0 saturated heterocycles. The maximum atomic E-state index is 12.9. The fourth-order valence-corrected chi connectivity index (χ4v) is 2.03. The summed E-state index contributed by atoms with van der Waals surface area (Å²) in [5, 5.41) is 5.83. The quantitative estimate of drug-likeness (QED) is 0.821. The summed E-state index contributed by atoms with van der Waals surface area (Å²) in [4.78, 5) is 16.1. The molecule has 2 rings (SSSR count). The van der Waals surface area contributed by atoms with E-state index in [4.69, 9.17) is 4.42 Å². The first-order valence-electron chi connectivity index (χ1n) is 7.23. The molecule has 1 aromatic heterocycles. The van der Waals surface area contributed by atoms with E-state index in [-0.39, 0.29) is 17.6 Å². The first kappa shape index (κ1) is 16.2. The van der Waals surface area contributed by atoms with Crippen molar-refractivity contribution in [1.29, 1.82) is 0 Å². The zero-order valence-electron chi connectivity index (χ0n) is 12.7. The minimum absolute atomic E-state index is 0.0107. The molecule has 5 nitrogen and oxygen atoms in total. The molecule has 1 unspecified atom stereocenters. The number of benzene rings is 1. The summed E-state index contributed by atoms with van der Waals surface area (Å²) in [6.45, 7) is 3.02. The Morgan fingerprint density at radius 3 is 2.77 bits per heavy atom. The van der Waals surface area contributed by atoms with Gasteiger partial charge in [0.15, 0.2) is 0 Å². The molecule has 22 heavy (non-hydrogen) atoms. The summed E-state index contributed by atoms with van der Waals surface area (Å²) in [5.74, 6) is 0.0903. The molecule has 2 N–H and O–H groups in total. The van der Waals surface area contributed by atoms with Crippen molar-refractivity contribution in [2.24, 2.45) is 5.92 Å². The van der Waals surface area contributed by atoms with Crippen molar-refractivity contribution >= 4 is 5.91 Å². The van der Waals surface area contributed by atoms with Crippen LogP contribution in [0.25, 0.3) is 11.5 Å². The van der Waals surface area contributed by atoms with Crippen molar-refractivity contribution < 1.29 is 13.6 Å². The zero-order chi connectivity index (χ0) is 15.9. The van der Waals surface area contributed by atoms with Crippen LogP contribution in [0.15, 0.2) is 34.9 Å². The third-order valence-electron chi connectivity index (χ3n) is 3.28. The van der Waals surface area contributed by atoms with Crippen LogP contribution in [-0.4, -0.2) is 31.0 Å². The van der Waals surface area contributed by atoms with Gasteiger partial charge in [0.25, 0.3) is 0 Å². The van der Waals surface area contributed by atoms with Gasteiger partial charge in [-0.05, 0) is 31.3 Å². The molecule has 0 aliphatic carbocycles. The second kappa shape index (κ2) is 7.70. The van der Waals surface area contributed by atoms with Crippen LogP contribution in [0.2, 0.25) is 0 Å². The SMILES string of the molecule is CNCC(C)C(=O)NCCc1coc(-c2ccc(F)cc2)n1. The van der Waals surface area contributed by atoms with Gasteiger partial charge in [0.1, 0.15) is 12.1 Å². The van der Waals surface area contributed by atoms with E-state index in [0.29, 0.717) is 25.4 Å². The van der Waals surface area contributed by atoms with Gasteiger partial charge in [0, 0.05) is 31.0 Å². The van der Waals surface area contributed by atoms with Gasteiger partial charge < -0.3 is 15.1 Å². The highest BCUT2D eigenvalue weighted by atomic mass is 19.1. The van der Waals surface area contributed by atoms with Gasteiger partial charge in [-0.15, -0.1) is 0 Å². The summed E-state index contributed by atoms with van der Waals surface area (Å²) in [5.41, 5.74) is 1.47. The van der Waals surface area contributed by atoms with Crippen molar-refractivity contribution in [3.63, 3.8) is 0 Å². The summed E-state index contributed by atoms with van der Waals surface area (Å²) in [6.07, 6.45) is 2.14. The van der Waals surface area contributed by atoms with E-state index in [2.05, 4.69) is 15.6 Å². The average Bonchev–Trinajstić information content (AvgIpc) is 2.97. The molecule has 2 aromatic rings. The van der Waals surface area contributed by atoms with Crippen LogP contribution in [0, 0.1) is 11.7 Å².